The minimum absolute atomic E-state index is 0.106. The van der Waals surface area contributed by atoms with Gasteiger partial charge in [0.2, 0.25) is 5.89 Å². The first-order valence-corrected chi connectivity index (χ1v) is 11.3. The van der Waals surface area contributed by atoms with Gasteiger partial charge in [0.15, 0.2) is 5.69 Å². The molecule has 2 aromatic carbocycles. The topological polar surface area (TPSA) is 95.1 Å². The molecule has 1 N–H and O–H groups in total. The molecule has 0 aliphatic rings. The molecule has 9 heteroatoms. The Kier molecular flexibility index (Phi) is 6.70. The van der Waals surface area contributed by atoms with Crippen LogP contribution in [-0.4, -0.2) is 32.0 Å². The number of carbonyl (C=O) groups is 1. The number of benzene rings is 2. The Balaban J connectivity index is 1.49. The van der Waals surface area contributed by atoms with Gasteiger partial charge in [-0.2, -0.15) is 0 Å². The molecule has 0 fully saturated rings. The van der Waals surface area contributed by atoms with Crippen LogP contribution in [-0.2, 0) is 6.54 Å². The van der Waals surface area contributed by atoms with Crippen LogP contribution < -0.4 is 10.1 Å². The second-order valence-corrected chi connectivity index (χ2v) is 8.72. The number of amides is 1. The summed E-state index contributed by atoms with van der Waals surface area (Å²) in [5.41, 5.74) is 3.94. The summed E-state index contributed by atoms with van der Waals surface area (Å²) < 4.78 is 13.2. The fraction of sp³-hybridized carbons (Fsp3) is 0.280. The molecule has 0 unspecified atom stereocenters. The van der Waals surface area contributed by atoms with Crippen LogP contribution in [0, 0.1) is 20.8 Å². The quantitative estimate of drug-likeness (QED) is 0.370. The summed E-state index contributed by atoms with van der Waals surface area (Å²) in [6.07, 6.45) is 0.106. The molecule has 0 atom stereocenters. The zero-order valence-electron chi connectivity index (χ0n) is 19.7. The third-order valence-corrected chi connectivity index (χ3v) is 5.70. The Bertz CT molecular complexity index is 1330. The molecule has 34 heavy (non-hydrogen) atoms. The van der Waals surface area contributed by atoms with Crippen molar-refractivity contribution in [3.8, 4) is 17.2 Å². The van der Waals surface area contributed by atoms with Crippen molar-refractivity contribution in [3.05, 3.63) is 75.9 Å². The summed E-state index contributed by atoms with van der Waals surface area (Å²) in [6.45, 7) is 9.83. The molecule has 0 spiro atoms. The lowest BCUT2D eigenvalue weighted by Crippen LogP contribution is -2.14. The minimum atomic E-state index is -0.357. The van der Waals surface area contributed by atoms with Crippen LogP contribution in [0.15, 0.2) is 46.9 Å². The number of ether oxygens (including phenoxy) is 1. The van der Waals surface area contributed by atoms with Crippen LogP contribution >= 0.6 is 11.6 Å². The highest BCUT2D eigenvalue weighted by Gasteiger charge is 2.19. The summed E-state index contributed by atoms with van der Waals surface area (Å²) >= 11 is 6.15. The Morgan fingerprint density at radius 1 is 1.15 bits per heavy atom. The fourth-order valence-electron chi connectivity index (χ4n) is 3.37. The van der Waals surface area contributed by atoms with Gasteiger partial charge in [-0.1, -0.05) is 22.9 Å². The van der Waals surface area contributed by atoms with Gasteiger partial charge in [0, 0.05) is 16.3 Å². The maximum atomic E-state index is 12.7. The zero-order chi connectivity index (χ0) is 24.4. The fourth-order valence-corrected chi connectivity index (χ4v) is 3.55. The number of hydrogen-bond acceptors (Lipinski definition) is 6. The van der Waals surface area contributed by atoms with Crippen molar-refractivity contribution in [2.75, 3.05) is 5.32 Å². The van der Waals surface area contributed by atoms with Gasteiger partial charge in [-0.25, -0.2) is 9.67 Å². The van der Waals surface area contributed by atoms with Gasteiger partial charge in [0.05, 0.1) is 18.3 Å². The molecule has 2 heterocycles. The van der Waals surface area contributed by atoms with Crippen LogP contribution in [0.1, 0.15) is 47.0 Å². The van der Waals surface area contributed by atoms with E-state index in [2.05, 4.69) is 20.6 Å². The molecule has 0 bridgehead atoms. The van der Waals surface area contributed by atoms with Crippen LogP contribution in [0.2, 0.25) is 5.02 Å². The van der Waals surface area contributed by atoms with Crippen molar-refractivity contribution in [2.24, 2.45) is 0 Å². The molecule has 0 radical (unpaired) electrons. The first-order valence-electron chi connectivity index (χ1n) is 10.9. The normalized spacial score (nSPS) is 11.1. The van der Waals surface area contributed by atoms with Gasteiger partial charge in [0.25, 0.3) is 5.91 Å². The third kappa shape index (κ3) is 5.12. The maximum Gasteiger partial charge on any atom is 0.278 e. The Hall–Kier alpha value is -3.65. The highest BCUT2D eigenvalue weighted by molar-refractivity contribution is 6.31. The highest BCUT2D eigenvalue weighted by atomic mass is 35.5. The minimum Gasteiger partial charge on any atom is -0.491 e. The summed E-state index contributed by atoms with van der Waals surface area (Å²) in [4.78, 5) is 17.4. The molecule has 2 aromatic heterocycles. The zero-order valence-corrected chi connectivity index (χ0v) is 20.5. The van der Waals surface area contributed by atoms with Crippen LogP contribution in [0.4, 0.5) is 5.69 Å². The van der Waals surface area contributed by atoms with Crippen molar-refractivity contribution in [1.82, 2.24) is 20.0 Å². The number of nitrogens with zero attached hydrogens (tertiary/aromatic N) is 4. The van der Waals surface area contributed by atoms with E-state index in [9.17, 15) is 4.79 Å². The van der Waals surface area contributed by atoms with Gasteiger partial charge in [0.1, 0.15) is 17.2 Å². The first-order chi connectivity index (χ1) is 16.2. The van der Waals surface area contributed by atoms with E-state index in [1.807, 2.05) is 58.0 Å². The highest BCUT2D eigenvalue weighted by Crippen LogP contribution is 2.25. The monoisotopic (exact) mass is 479 g/mol. The molecule has 1 amide bonds. The van der Waals surface area contributed by atoms with Crippen LogP contribution in [0.25, 0.3) is 11.5 Å². The molecule has 176 valence electrons. The van der Waals surface area contributed by atoms with E-state index < -0.39 is 0 Å². The Labute approximate surface area is 202 Å². The molecule has 0 saturated heterocycles. The summed E-state index contributed by atoms with van der Waals surface area (Å²) in [5.74, 6) is 1.62. The second-order valence-electron chi connectivity index (χ2n) is 8.31. The lowest BCUT2D eigenvalue weighted by atomic mass is 10.2. The number of anilines is 1. The summed E-state index contributed by atoms with van der Waals surface area (Å²) in [5, 5.41) is 11.6. The van der Waals surface area contributed by atoms with Crippen molar-refractivity contribution < 1.29 is 13.9 Å². The van der Waals surface area contributed by atoms with Gasteiger partial charge in [-0.3, -0.25) is 4.79 Å². The van der Waals surface area contributed by atoms with Crippen molar-refractivity contribution in [1.29, 1.82) is 0 Å². The number of hydrogen-bond donors (Lipinski definition) is 1. The molecular formula is C25H26ClN5O3. The van der Waals surface area contributed by atoms with Crippen LogP contribution in [0.3, 0.4) is 0 Å². The van der Waals surface area contributed by atoms with Gasteiger partial charge in [-0.05, 0) is 76.6 Å². The molecule has 0 aliphatic carbocycles. The number of halogens is 1. The predicted molar refractivity (Wildman–Crippen MR) is 130 cm³/mol. The third-order valence-electron chi connectivity index (χ3n) is 5.29. The largest absolute Gasteiger partial charge is 0.491 e. The average Bonchev–Trinajstić information content (AvgIpc) is 3.34. The lowest BCUT2D eigenvalue weighted by molar-refractivity contribution is 0.102. The van der Waals surface area contributed by atoms with Gasteiger partial charge in [-0.15, -0.1) is 5.10 Å². The molecule has 8 nitrogen and oxygen atoms in total. The van der Waals surface area contributed by atoms with Crippen molar-refractivity contribution in [3.63, 3.8) is 0 Å². The van der Waals surface area contributed by atoms with E-state index >= 15 is 0 Å². The molecule has 0 saturated carbocycles. The number of nitrogens with one attached hydrogen (secondary N) is 1. The number of aromatic nitrogens is 4. The summed E-state index contributed by atoms with van der Waals surface area (Å²) in [6, 6.07) is 12.9. The van der Waals surface area contributed by atoms with Crippen molar-refractivity contribution >= 4 is 23.2 Å². The van der Waals surface area contributed by atoms with Gasteiger partial charge >= 0.3 is 0 Å². The number of rotatable bonds is 7. The van der Waals surface area contributed by atoms with E-state index in [-0.39, 0.29) is 17.7 Å². The van der Waals surface area contributed by atoms with E-state index in [1.54, 1.807) is 23.7 Å². The average molecular weight is 480 g/mol. The van der Waals surface area contributed by atoms with E-state index in [4.69, 9.17) is 20.8 Å². The number of aryl methyl sites for hydroxylation is 2. The van der Waals surface area contributed by atoms with Gasteiger partial charge < -0.3 is 14.5 Å². The van der Waals surface area contributed by atoms with Crippen LogP contribution in [0.5, 0.6) is 5.75 Å². The Morgan fingerprint density at radius 3 is 2.56 bits per heavy atom. The maximum absolute atomic E-state index is 12.7. The molecular weight excluding hydrogens is 454 g/mol. The molecule has 0 aliphatic heterocycles. The van der Waals surface area contributed by atoms with Crippen molar-refractivity contribution in [2.45, 2.75) is 47.3 Å². The first kappa shape index (κ1) is 23.5. The molecule has 4 aromatic rings. The summed E-state index contributed by atoms with van der Waals surface area (Å²) in [7, 11) is 0. The number of carbonyl (C=O) groups excluding carboxylic acids is 1. The predicted octanol–water partition coefficient (Wildman–Crippen LogP) is 5.60. The van der Waals surface area contributed by atoms with E-state index in [0.717, 1.165) is 16.9 Å². The second kappa shape index (κ2) is 9.69. The standard InChI is InChI=1S/C25H26ClN5O3/c1-14(2)33-20-10-7-18(8-11-20)25-28-22(17(5)34-25)13-31-16(4)23(29-30-31)24(32)27-19-9-6-15(3)21(26)12-19/h6-12,14H,13H2,1-5H3,(H,27,32). The van der Waals surface area contributed by atoms with E-state index in [0.29, 0.717) is 40.3 Å². The molecule has 4 rings (SSSR count). The SMILES string of the molecule is Cc1ccc(NC(=O)c2nnn(Cc3nc(-c4ccc(OC(C)C)cc4)oc3C)c2C)cc1Cl. The van der Waals surface area contributed by atoms with E-state index in [1.165, 1.54) is 0 Å². The smallest absolute Gasteiger partial charge is 0.278 e. The number of oxazole rings is 1. The lowest BCUT2D eigenvalue weighted by Gasteiger charge is -2.09. The Morgan fingerprint density at radius 2 is 1.88 bits per heavy atom.